The third kappa shape index (κ3) is 4.74. The van der Waals surface area contributed by atoms with Crippen LogP contribution in [-0.4, -0.2) is 21.9 Å². The zero-order valence-electron chi connectivity index (χ0n) is 22.7. The minimum Gasteiger partial charge on any atom is -0.393 e. The predicted octanol–water partition coefficient (Wildman–Crippen LogP) is 7.78. The first-order valence-corrected chi connectivity index (χ1v) is 14.5. The van der Waals surface area contributed by atoms with Crippen LogP contribution >= 0.6 is 0 Å². The van der Waals surface area contributed by atoms with E-state index >= 15 is 0 Å². The van der Waals surface area contributed by atoms with E-state index in [-0.39, 0.29) is 6.10 Å². The molecule has 0 heterocycles. The zero-order chi connectivity index (χ0) is 24.0. The van der Waals surface area contributed by atoms with Gasteiger partial charge >= 0.3 is 0 Å². The van der Waals surface area contributed by atoms with Crippen LogP contribution in [0.2, 0.25) is 0 Å². The molecule has 0 unspecified atom stereocenters. The largest absolute Gasteiger partial charge is 0.393 e. The van der Waals surface area contributed by atoms with Gasteiger partial charge in [0.1, 0.15) is 0 Å². The van der Waals surface area contributed by atoms with Gasteiger partial charge in [-0.15, -0.1) is 0 Å². The maximum atomic E-state index is 10.9. The van der Waals surface area contributed by atoms with E-state index in [4.69, 9.17) is 0 Å². The number of aliphatic hydroxyl groups is 2. The van der Waals surface area contributed by atoms with Crippen LogP contribution in [0.5, 0.6) is 0 Å². The number of hydrogen-bond acceptors (Lipinski definition) is 2. The Kier molecular flexibility index (Phi) is 7.49. The molecule has 0 aromatic heterocycles. The van der Waals surface area contributed by atoms with Crippen molar-refractivity contribution >= 4 is 0 Å². The normalized spacial score (nSPS) is 46.6. The van der Waals surface area contributed by atoms with E-state index < -0.39 is 5.60 Å². The lowest BCUT2D eigenvalue weighted by Gasteiger charge is -2.62. The van der Waals surface area contributed by atoms with Gasteiger partial charge in [-0.2, -0.15) is 0 Å². The van der Waals surface area contributed by atoms with Crippen LogP contribution in [0, 0.1) is 52.3 Å². The quantitative estimate of drug-likeness (QED) is 0.382. The maximum Gasteiger partial charge on any atom is 0.0591 e. The van der Waals surface area contributed by atoms with E-state index in [1.807, 2.05) is 13.8 Å². The molecule has 0 aliphatic heterocycles. The van der Waals surface area contributed by atoms with Gasteiger partial charge in [-0.1, -0.05) is 45.8 Å². The summed E-state index contributed by atoms with van der Waals surface area (Å²) in [6.07, 6.45) is 19.5. The zero-order valence-corrected chi connectivity index (χ0v) is 22.7. The van der Waals surface area contributed by atoms with Gasteiger partial charge in [0.05, 0.1) is 11.7 Å². The summed E-state index contributed by atoms with van der Waals surface area (Å²) in [6.45, 7) is 13.9. The highest BCUT2D eigenvalue weighted by Crippen LogP contribution is 2.69. The second-order valence-electron chi connectivity index (χ2n) is 14.1. The van der Waals surface area contributed by atoms with Gasteiger partial charge in [-0.3, -0.25) is 0 Å². The monoisotopic (exact) mass is 458 g/mol. The summed E-state index contributed by atoms with van der Waals surface area (Å²) < 4.78 is 0. The molecule has 0 saturated heterocycles. The molecule has 10 atom stereocenters. The molecule has 2 nitrogen and oxygen atoms in total. The van der Waals surface area contributed by atoms with Crippen molar-refractivity contribution in [3.8, 4) is 0 Å². The average Bonchev–Trinajstić information content (AvgIpc) is 3.10. The SMILES string of the molecule is CC=CC[C@@H]1[C@H](O)CC[C@@]2(C)[C@H]1CC[C@@H]1[C@@H]2CC[C@]2(C)[C@@H]([C@H](C)CCCC(C)(C)O)CC[C@@H]12. The Morgan fingerprint density at radius 1 is 0.939 bits per heavy atom. The van der Waals surface area contributed by atoms with Gasteiger partial charge < -0.3 is 10.2 Å². The van der Waals surface area contributed by atoms with Gasteiger partial charge in [0.2, 0.25) is 0 Å². The van der Waals surface area contributed by atoms with Gasteiger partial charge in [0.15, 0.2) is 0 Å². The van der Waals surface area contributed by atoms with E-state index in [0.29, 0.717) is 22.7 Å². The van der Waals surface area contributed by atoms with Gasteiger partial charge in [-0.25, -0.2) is 0 Å². The third-order valence-corrected chi connectivity index (χ3v) is 11.8. The Morgan fingerprint density at radius 2 is 1.61 bits per heavy atom. The smallest absolute Gasteiger partial charge is 0.0591 e. The van der Waals surface area contributed by atoms with E-state index in [1.165, 1.54) is 51.4 Å². The van der Waals surface area contributed by atoms with Crippen LogP contribution in [0.4, 0.5) is 0 Å². The molecule has 4 aliphatic carbocycles. The number of hydrogen-bond donors (Lipinski definition) is 2. The van der Waals surface area contributed by atoms with E-state index in [2.05, 4.69) is 39.8 Å². The van der Waals surface area contributed by atoms with Crippen molar-refractivity contribution in [2.75, 3.05) is 0 Å². The van der Waals surface area contributed by atoms with Crippen molar-refractivity contribution in [3.63, 3.8) is 0 Å². The fourth-order valence-electron chi connectivity index (χ4n) is 10.1. The summed E-state index contributed by atoms with van der Waals surface area (Å²) in [4.78, 5) is 0. The Morgan fingerprint density at radius 3 is 2.30 bits per heavy atom. The third-order valence-electron chi connectivity index (χ3n) is 11.8. The molecular weight excluding hydrogens is 404 g/mol. The topological polar surface area (TPSA) is 40.5 Å². The summed E-state index contributed by atoms with van der Waals surface area (Å²) in [7, 11) is 0. The van der Waals surface area contributed by atoms with Gasteiger partial charge in [0.25, 0.3) is 0 Å². The predicted molar refractivity (Wildman–Crippen MR) is 139 cm³/mol. The first-order chi connectivity index (χ1) is 15.5. The highest BCUT2D eigenvalue weighted by molar-refractivity contribution is 5.11. The summed E-state index contributed by atoms with van der Waals surface area (Å²) in [5, 5.41) is 21.0. The number of aliphatic hydroxyl groups excluding tert-OH is 1. The van der Waals surface area contributed by atoms with Crippen molar-refractivity contribution in [3.05, 3.63) is 12.2 Å². The molecule has 4 saturated carbocycles. The molecule has 190 valence electrons. The van der Waals surface area contributed by atoms with Crippen LogP contribution < -0.4 is 0 Å². The van der Waals surface area contributed by atoms with Crippen molar-refractivity contribution in [2.45, 2.75) is 130 Å². The van der Waals surface area contributed by atoms with E-state index in [1.54, 1.807) is 0 Å². The molecule has 0 radical (unpaired) electrons. The number of rotatable bonds is 7. The lowest BCUT2D eigenvalue weighted by molar-refractivity contribution is -0.152. The lowest BCUT2D eigenvalue weighted by atomic mass is 9.43. The molecule has 2 heteroatoms. The van der Waals surface area contributed by atoms with Gasteiger partial charge in [0, 0.05) is 0 Å². The molecule has 4 aliphatic rings. The summed E-state index contributed by atoms with van der Waals surface area (Å²) >= 11 is 0. The first kappa shape index (κ1) is 25.7. The Balaban J connectivity index is 1.47. The van der Waals surface area contributed by atoms with Crippen LogP contribution in [0.1, 0.15) is 119 Å². The maximum absolute atomic E-state index is 10.9. The molecule has 0 bridgehead atoms. The molecule has 0 aromatic rings. The van der Waals surface area contributed by atoms with Crippen molar-refractivity contribution in [1.29, 1.82) is 0 Å². The van der Waals surface area contributed by atoms with E-state index in [9.17, 15) is 10.2 Å². The number of fused-ring (bicyclic) bond motifs is 5. The van der Waals surface area contributed by atoms with Crippen LogP contribution in [0.3, 0.4) is 0 Å². The average molecular weight is 459 g/mol. The Bertz CT molecular complexity index is 692. The summed E-state index contributed by atoms with van der Waals surface area (Å²) in [6, 6.07) is 0. The highest BCUT2D eigenvalue weighted by atomic mass is 16.3. The molecule has 0 aromatic carbocycles. The second-order valence-corrected chi connectivity index (χ2v) is 14.1. The van der Waals surface area contributed by atoms with Crippen molar-refractivity contribution in [1.82, 2.24) is 0 Å². The summed E-state index contributed by atoms with van der Waals surface area (Å²) in [5.74, 6) is 5.53. The second kappa shape index (κ2) is 9.61. The van der Waals surface area contributed by atoms with E-state index in [0.717, 1.165) is 55.3 Å². The Hall–Kier alpha value is -0.340. The van der Waals surface area contributed by atoms with Crippen LogP contribution in [0.25, 0.3) is 0 Å². The molecule has 4 fully saturated rings. The molecule has 0 amide bonds. The summed E-state index contributed by atoms with van der Waals surface area (Å²) in [5.41, 5.74) is 0.440. The molecule has 4 rings (SSSR count). The molecular formula is C31H54O2. The lowest BCUT2D eigenvalue weighted by Crippen LogP contribution is -2.56. The van der Waals surface area contributed by atoms with Crippen molar-refractivity contribution in [2.24, 2.45) is 52.3 Å². The first-order valence-electron chi connectivity index (χ1n) is 14.5. The highest BCUT2D eigenvalue weighted by Gasteiger charge is 2.61. The van der Waals surface area contributed by atoms with Gasteiger partial charge in [-0.05, 0) is 137 Å². The minimum absolute atomic E-state index is 0.0923. The molecule has 0 spiro atoms. The standard InChI is InChI=1S/C31H54O2/c1-7-8-11-23-26-13-12-22-25-15-14-24(21(2)10-9-18-29(3,4)33)30(25,5)19-16-27(22)31(26,6)20-17-28(23)32/h7-8,21-28,32-33H,9-20H2,1-6H3/t21-,22+,23+,24-,25+,26+,27+,28-,30-,31+/m1/s1. The Labute approximate surface area is 205 Å². The fourth-order valence-corrected chi connectivity index (χ4v) is 10.1. The van der Waals surface area contributed by atoms with Crippen LogP contribution in [-0.2, 0) is 0 Å². The fraction of sp³-hybridized carbons (Fsp3) is 0.935. The minimum atomic E-state index is -0.521. The van der Waals surface area contributed by atoms with Crippen molar-refractivity contribution < 1.29 is 10.2 Å². The van der Waals surface area contributed by atoms with Crippen LogP contribution in [0.15, 0.2) is 12.2 Å². The number of allylic oxidation sites excluding steroid dienone is 2. The molecule has 33 heavy (non-hydrogen) atoms. The molecule has 2 N–H and O–H groups in total.